The minimum absolute atomic E-state index is 0.0693. The molecular formula is C14H18N2O3S2. The lowest BCUT2D eigenvalue weighted by Gasteiger charge is -2.35. The molecule has 0 aromatic heterocycles. The van der Waals surface area contributed by atoms with E-state index in [1.54, 1.807) is 21.6 Å². The molecule has 114 valence electrons. The molecule has 1 N–H and O–H groups in total. The SMILES string of the molecule is CN1CN(CCSSCCC(=O)O)C(=O)c2ccccc21. The Balaban J connectivity index is 1.80. The van der Waals surface area contributed by atoms with Crippen LogP contribution in [-0.4, -0.2) is 53.6 Å². The van der Waals surface area contributed by atoms with Gasteiger partial charge in [0.15, 0.2) is 0 Å². The number of carboxylic acid groups (broad SMARTS) is 1. The van der Waals surface area contributed by atoms with Crippen molar-refractivity contribution in [2.75, 3.05) is 36.7 Å². The van der Waals surface area contributed by atoms with Crippen LogP contribution in [-0.2, 0) is 4.79 Å². The first kappa shape index (κ1) is 16.0. The lowest BCUT2D eigenvalue weighted by Crippen LogP contribution is -2.45. The summed E-state index contributed by atoms with van der Waals surface area (Å²) in [5.41, 5.74) is 1.72. The van der Waals surface area contributed by atoms with Gasteiger partial charge in [0.2, 0.25) is 0 Å². The number of aliphatic carboxylic acids is 1. The summed E-state index contributed by atoms with van der Waals surface area (Å²) in [5, 5.41) is 8.55. The van der Waals surface area contributed by atoms with E-state index in [2.05, 4.69) is 4.90 Å². The number of fused-ring (bicyclic) bond motifs is 1. The minimum Gasteiger partial charge on any atom is -0.481 e. The third kappa shape index (κ3) is 4.31. The van der Waals surface area contributed by atoms with Gasteiger partial charge in [0.05, 0.1) is 24.3 Å². The highest BCUT2D eigenvalue weighted by Crippen LogP contribution is 2.27. The predicted molar refractivity (Wildman–Crippen MR) is 87.9 cm³/mol. The zero-order valence-corrected chi connectivity index (χ0v) is 13.5. The maximum atomic E-state index is 12.4. The molecule has 0 spiro atoms. The van der Waals surface area contributed by atoms with Gasteiger partial charge in [-0.1, -0.05) is 33.7 Å². The minimum atomic E-state index is -0.771. The van der Waals surface area contributed by atoms with Crippen LogP contribution in [0.1, 0.15) is 16.8 Å². The number of hydrogen-bond donors (Lipinski definition) is 1. The van der Waals surface area contributed by atoms with E-state index >= 15 is 0 Å². The van der Waals surface area contributed by atoms with Crippen LogP contribution in [0.5, 0.6) is 0 Å². The first-order valence-electron chi connectivity index (χ1n) is 6.65. The summed E-state index contributed by atoms with van der Waals surface area (Å²) >= 11 is 0. The summed E-state index contributed by atoms with van der Waals surface area (Å²) in [5.74, 6) is 0.690. The summed E-state index contributed by atoms with van der Waals surface area (Å²) in [7, 11) is 5.14. The van der Waals surface area contributed by atoms with Gasteiger partial charge >= 0.3 is 5.97 Å². The van der Waals surface area contributed by atoms with Gasteiger partial charge in [-0.2, -0.15) is 0 Å². The van der Waals surface area contributed by atoms with Crippen LogP contribution in [0, 0.1) is 0 Å². The zero-order chi connectivity index (χ0) is 15.2. The number of nitrogens with zero attached hydrogens (tertiary/aromatic N) is 2. The fourth-order valence-electron chi connectivity index (χ4n) is 2.12. The smallest absolute Gasteiger partial charge is 0.304 e. The molecule has 0 atom stereocenters. The Hall–Kier alpha value is -1.34. The molecule has 0 radical (unpaired) electrons. The van der Waals surface area contributed by atoms with Crippen LogP contribution >= 0.6 is 21.6 Å². The fraction of sp³-hybridized carbons (Fsp3) is 0.429. The molecule has 1 aromatic carbocycles. The Labute approximate surface area is 132 Å². The first-order chi connectivity index (χ1) is 10.1. The van der Waals surface area contributed by atoms with E-state index in [0.717, 1.165) is 17.0 Å². The molecule has 0 saturated carbocycles. The maximum Gasteiger partial charge on any atom is 0.304 e. The summed E-state index contributed by atoms with van der Waals surface area (Å²) < 4.78 is 0. The molecule has 5 nitrogen and oxygen atoms in total. The number of carbonyl (C=O) groups is 2. The Morgan fingerprint density at radius 2 is 2.00 bits per heavy atom. The van der Waals surface area contributed by atoms with Crippen molar-refractivity contribution < 1.29 is 14.7 Å². The molecule has 1 amide bonds. The van der Waals surface area contributed by atoms with Gasteiger partial charge in [-0.05, 0) is 12.1 Å². The normalized spacial score (nSPS) is 14.2. The molecule has 0 saturated heterocycles. The average Bonchev–Trinajstić information content (AvgIpc) is 2.47. The lowest BCUT2D eigenvalue weighted by molar-refractivity contribution is -0.136. The summed E-state index contributed by atoms with van der Waals surface area (Å²) in [4.78, 5) is 26.7. The Morgan fingerprint density at radius 3 is 2.76 bits per heavy atom. The van der Waals surface area contributed by atoms with E-state index in [-0.39, 0.29) is 12.3 Å². The van der Waals surface area contributed by atoms with Crippen molar-refractivity contribution in [2.24, 2.45) is 0 Å². The molecule has 0 unspecified atom stereocenters. The molecule has 1 aliphatic heterocycles. The fourth-order valence-corrected chi connectivity index (χ4v) is 4.09. The largest absolute Gasteiger partial charge is 0.481 e. The van der Waals surface area contributed by atoms with Crippen molar-refractivity contribution in [2.45, 2.75) is 6.42 Å². The van der Waals surface area contributed by atoms with Gasteiger partial charge in [0.1, 0.15) is 0 Å². The van der Waals surface area contributed by atoms with Crippen molar-refractivity contribution in [3.63, 3.8) is 0 Å². The predicted octanol–water partition coefficient (Wildman–Crippen LogP) is 2.39. The highest BCUT2D eigenvalue weighted by Gasteiger charge is 2.26. The van der Waals surface area contributed by atoms with E-state index < -0.39 is 5.97 Å². The van der Waals surface area contributed by atoms with Gasteiger partial charge in [-0.3, -0.25) is 9.59 Å². The molecule has 1 aliphatic rings. The second-order valence-electron chi connectivity index (χ2n) is 4.71. The van der Waals surface area contributed by atoms with Crippen molar-refractivity contribution in [3.8, 4) is 0 Å². The van der Waals surface area contributed by atoms with Crippen molar-refractivity contribution in [3.05, 3.63) is 29.8 Å². The summed E-state index contributed by atoms with van der Waals surface area (Å²) in [6, 6.07) is 7.63. The summed E-state index contributed by atoms with van der Waals surface area (Å²) in [6.07, 6.45) is 0.177. The van der Waals surface area contributed by atoms with Gasteiger partial charge in [-0.15, -0.1) is 0 Å². The van der Waals surface area contributed by atoms with E-state index in [1.807, 2.05) is 36.2 Å². The van der Waals surface area contributed by atoms with Crippen molar-refractivity contribution in [1.29, 1.82) is 0 Å². The van der Waals surface area contributed by atoms with Gasteiger partial charge in [0, 0.05) is 25.1 Å². The van der Waals surface area contributed by atoms with Crippen LogP contribution in [0.3, 0.4) is 0 Å². The van der Waals surface area contributed by atoms with Crippen molar-refractivity contribution >= 4 is 39.2 Å². The molecule has 2 rings (SSSR count). The average molecular weight is 326 g/mol. The molecule has 0 aliphatic carbocycles. The highest BCUT2D eigenvalue weighted by molar-refractivity contribution is 8.76. The Kier molecular flexibility index (Phi) is 5.81. The van der Waals surface area contributed by atoms with E-state index in [0.29, 0.717) is 19.0 Å². The van der Waals surface area contributed by atoms with Crippen LogP contribution in [0.15, 0.2) is 24.3 Å². The standard InChI is InChI=1S/C14H18N2O3S2/c1-15-10-16(7-9-21-20-8-6-13(17)18)14(19)11-4-2-3-5-12(11)15/h2-5H,6-10H2,1H3,(H,17,18). The molecule has 1 heterocycles. The van der Waals surface area contributed by atoms with Gasteiger partial charge in [0.25, 0.3) is 5.91 Å². The first-order valence-corrected chi connectivity index (χ1v) is 9.14. The summed E-state index contributed by atoms with van der Waals surface area (Å²) in [6.45, 7) is 1.26. The van der Waals surface area contributed by atoms with Crippen molar-refractivity contribution in [1.82, 2.24) is 4.90 Å². The van der Waals surface area contributed by atoms with Crippen LogP contribution < -0.4 is 4.90 Å². The highest BCUT2D eigenvalue weighted by atomic mass is 33.1. The van der Waals surface area contributed by atoms with Crippen LogP contribution in [0.2, 0.25) is 0 Å². The van der Waals surface area contributed by atoms with Crippen LogP contribution in [0.4, 0.5) is 5.69 Å². The second-order valence-corrected chi connectivity index (χ2v) is 7.41. The monoisotopic (exact) mass is 326 g/mol. The Morgan fingerprint density at radius 1 is 1.29 bits per heavy atom. The molecule has 0 fully saturated rings. The zero-order valence-electron chi connectivity index (χ0n) is 11.8. The number of benzene rings is 1. The van der Waals surface area contributed by atoms with E-state index in [9.17, 15) is 9.59 Å². The lowest BCUT2D eigenvalue weighted by atomic mass is 10.1. The third-order valence-electron chi connectivity index (χ3n) is 3.14. The molecule has 21 heavy (non-hydrogen) atoms. The number of para-hydroxylation sites is 1. The quantitative estimate of drug-likeness (QED) is 0.613. The Bertz CT molecular complexity index is 525. The maximum absolute atomic E-state index is 12.4. The number of amides is 1. The van der Waals surface area contributed by atoms with Crippen LogP contribution in [0.25, 0.3) is 0 Å². The number of anilines is 1. The molecule has 1 aromatic rings. The topological polar surface area (TPSA) is 60.9 Å². The van der Waals surface area contributed by atoms with Gasteiger partial charge < -0.3 is 14.9 Å². The number of hydrogen-bond acceptors (Lipinski definition) is 5. The number of carboxylic acids is 1. The molecule has 0 bridgehead atoms. The molecule has 7 heteroatoms. The second kappa shape index (κ2) is 7.61. The number of carbonyl (C=O) groups excluding carboxylic acids is 1. The number of rotatable bonds is 7. The van der Waals surface area contributed by atoms with E-state index in [1.165, 1.54) is 0 Å². The van der Waals surface area contributed by atoms with Gasteiger partial charge in [-0.25, -0.2) is 0 Å². The van der Waals surface area contributed by atoms with E-state index in [4.69, 9.17) is 5.11 Å². The molecular weight excluding hydrogens is 308 g/mol. The third-order valence-corrected chi connectivity index (χ3v) is 5.53.